The van der Waals surface area contributed by atoms with Crippen molar-refractivity contribution in [2.24, 2.45) is 0 Å². The maximum Gasteiger partial charge on any atom is 0.117 e. The minimum atomic E-state index is -0.330. The molecule has 0 aliphatic carbocycles. The van der Waals surface area contributed by atoms with E-state index in [9.17, 15) is 5.11 Å². The van der Waals surface area contributed by atoms with Crippen molar-refractivity contribution in [3.05, 3.63) is 24.2 Å². The highest BCUT2D eigenvalue weighted by Gasteiger charge is 2.16. The van der Waals surface area contributed by atoms with E-state index >= 15 is 0 Å². The first-order valence-corrected chi connectivity index (χ1v) is 6.43. The third kappa shape index (κ3) is 4.42. The van der Waals surface area contributed by atoms with Gasteiger partial charge in [-0.25, -0.2) is 0 Å². The van der Waals surface area contributed by atoms with Gasteiger partial charge in [0.15, 0.2) is 0 Å². The molecule has 2 heterocycles. The first kappa shape index (κ1) is 13.5. The Morgan fingerprint density at radius 3 is 2.89 bits per heavy atom. The quantitative estimate of drug-likeness (QED) is 0.796. The fraction of sp³-hybridized carbons (Fsp3) is 0.692. The molecule has 1 unspecified atom stereocenters. The van der Waals surface area contributed by atoms with Crippen molar-refractivity contribution in [2.45, 2.75) is 12.6 Å². The van der Waals surface area contributed by atoms with E-state index in [1.54, 1.807) is 6.26 Å². The number of hydrogen-bond donors (Lipinski definition) is 1. The van der Waals surface area contributed by atoms with Crippen molar-refractivity contribution in [3.8, 4) is 0 Å². The molecule has 0 saturated carbocycles. The summed E-state index contributed by atoms with van der Waals surface area (Å²) in [5, 5.41) is 10.0. The molecule has 1 N–H and O–H groups in total. The van der Waals surface area contributed by atoms with Gasteiger partial charge in [-0.2, -0.15) is 0 Å². The highest BCUT2D eigenvalue weighted by Crippen LogP contribution is 2.05. The van der Waals surface area contributed by atoms with E-state index in [1.165, 1.54) is 0 Å². The predicted molar refractivity (Wildman–Crippen MR) is 68.3 cm³/mol. The van der Waals surface area contributed by atoms with Gasteiger partial charge in [0.1, 0.15) is 5.76 Å². The van der Waals surface area contributed by atoms with Gasteiger partial charge in [-0.15, -0.1) is 0 Å². The first-order chi connectivity index (χ1) is 8.74. The van der Waals surface area contributed by atoms with E-state index in [-0.39, 0.29) is 6.10 Å². The molecule has 5 nitrogen and oxygen atoms in total. The molecule has 1 aliphatic rings. The summed E-state index contributed by atoms with van der Waals surface area (Å²) in [6.07, 6.45) is 1.34. The predicted octanol–water partition coefficient (Wildman–Crippen LogP) is 0.404. The summed E-state index contributed by atoms with van der Waals surface area (Å²) in [6, 6.07) is 3.83. The minimum Gasteiger partial charge on any atom is -0.468 e. The second kappa shape index (κ2) is 6.89. The average Bonchev–Trinajstić information content (AvgIpc) is 2.82. The lowest BCUT2D eigenvalue weighted by molar-refractivity contribution is 0.00792. The summed E-state index contributed by atoms with van der Waals surface area (Å²) in [4.78, 5) is 4.32. The zero-order chi connectivity index (χ0) is 12.8. The van der Waals surface area contributed by atoms with Crippen LogP contribution in [-0.2, 0) is 11.3 Å². The molecule has 0 spiro atoms. The number of likely N-dealkylation sites (N-methyl/N-ethyl adjacent to an activating group) is 1. The number of aliphatic hydroxyl groups excluding tert-OH is 1. The lowest BCUT2D eigenvalue weighted by Crippen LogP contribution is -2.43. The zero-order valence-corrected chi connectivity index (χ0v) is 10.9. The summed E-state index contributed by atoms with van der Waals surface area (Å²) in [5.41, 5.74) is 0. The van der Waals surface area contributed by atoms with E-state index in [2.05, 4.69) is 9.80 Å². The molecular formula is C13H22N2O3. The van der Waals surface area contributed by atoms with Crippen LogP contribution in [0.1, 0.15) is 5.76 Å². The summed E-state index contributed by atoms with van der Waals surface area (Å²) in [5.74, 6) is 0.927. The Bertz CT molecular complexity index is 323. The van der Waals surface area contributed by atoms with Crippen molar-refractivity contribution in [3.63, 3.8) is 0 Å². The molecule has 0 radical (unpaired) electrons. The van der Waals surface area contributed by atoms with Gasteiger partial charge in [0, 0.05) is 26.2 Å². The number of β-amino-alcohol motifs (C(OH)–C–C–N with tert-alkyl or cyclic N) is 1. The Kier molecular flexibility index (Phi) is 5.19. The van der Waals surface area contributed by atoms with Crippen LogP contribution in [0.2, 0.25) is 0 Å². The number of furan rings is 1. The van der Waals surface area contributed by atoms with Gasteiger partial charge in [0.25, 0.3) is 0 Å². The van der Waals surface area contributed by atoms with Crippen LogP contribution in [0.25, 0.3) is 0 Å². The molecule has 1 aromatic heterocycles. The fourth-order valence-electron chi connectivity index (χ4n) is 2.23. The molecule has 5 heteroatoms. The molecule has 0 amide bonds. The van der Waals surface area contributed by atoms with Crippen molar-refractivity contribution in [1.29, 1.82) is 0 Å². The lowest BCUT2D eigenvalue weighted by atomic mass is 10.2. The van der Waals surface area contributed by atoms with E-state index < -0.39 is 0 Å². The molecule has 1 atom stereocenters. The molecule has 18 heavy (non-hydrogen) atoms. The fourth-order valence-corrected chi connectivity index (χ4v) is 2.23. The number of nitrogens with zero attached hydrogens (tertiary/aromatic N) is 2. The number of ether oxygens (including phenoxy) is 1. The van der Waals surface area contributed by atoms with Crippen LogP contribution >= 0.6 is 0 Å². The molecular weight excluding hydrogens is 232 g/mol. The van der Waals surface area contributed by atoms with Crippen LogP contribution in [0.3, 0.4) is 0 Å². The van der Waals surface area contributed by atoms with E-state index in [4.69, 9.17) is 9.15 Å². The van der Waals surface area contributed by atoms with Crippen LogP contribution in [0.15, 0.2) is 22.8 Å². The Labute approximate surface area is 108 Å². The van der Waals surface area contributed by atoms with Crippen LogP contribution in [0, 0.1) is 0 Å². The highest BCUT2D eigenvalue weighted by molar-refractivity contribution is 4.97. The van der Waals surface area contributed by atoms with Gasteiger partial charge in [-0.1, -0.05) is 0 Å². The van der Waals surface area contributed by atoms with Crippen molar-refractivity contribution in [2.75, 3.05) is 46.4 Å². The molecule has 1 aliphatic heterocycles. The second-order valence-electron chi connectivity index (χ2n) is 4.84. The number of morpholine rings is 1. The lowest BCUT2D eigenvalue weighted by Gasteiger charge is -2.29. The minimum absolute atomic E-state index is 0.330. The van der Waals surface area contributed by atoms with Gasteiger partial charge in [0.05, 0.1) is 32.1 Å². The summed E-state index contributed by atoms with van der Waals surface area (Å²) < 4.78 is 10.6. The number of hydrogen-bond acceptors (Lipinski definition) is 5. The molecule has 1 aromatic rings. The van der Waals surface area contributed by atoms with E-state index in [0.29, 0.717) is 13.1 Å². The van der Waals surface area contributed by atoms with Crippen molar-refractivity contribution < 1.29 is 14.3 Å². The van der Waals surface area contributed by atoms with Gasteiger partial charge in [-0.3, -0.25) is 9.80 Å². The summed E-state index contributed by atoms with van der Waals surface area (Å²) >= 11 is 0. The van der Waals surface area contributed by atoms with Gasteiger partial charge < -0.3 is 14.3 Å². The SMILES string of the molecule is CN(Cc1ccco1)CC(O)CN1CCOCC1. The average molecular weight is 254 g/mol. The van der Waals surface area contributed by atoms with Crippen LogP contribution in [0.4, 0.5) is 0 Å². The topological polar surface area (TPSA) is 49.1 Å². The Hall–Kier alpha value is -0.880. The van der Waals surface area contributed by atoms with Gasteiger partial charge in [0.2, 0.25) is 0 Å². The molecule has 0 aromatic carbocycles. The third-order valence-corrected chi connectivity index (χ3v) is 3.10. The molecule has 1 fully saturated rings. The maximum atomic E-state index is 10.0. The largest absolute Gasteiger partial charge is 0.468 e. The molecule has 102 valence electrons. The van der Waals surface area contributed by atoms with Crippen molar-refractivity contribution >= 4 is 0 Å². The van der Waals surface area contributed by atoms with Gasteiger partial charge >= 0.3 is 0 Å². The third-order valence-electron chi connectivity index (χ3n) is 3.10. The standard InChI is InChI=1S/C13H22N2O3/c1-14(11-13-3-2-6-18-13)9-12(16)10-15-4-7-17-8-5-15/h2-3,6,12,16H,4-5,7-11H2,1H3. The molecule has 2 rings (SSSR count). The Morgan fingerprint density at radius 2 is 2.22 bits per heavy atom. The zero-order valence-electron chi connectivity index (χ0n) is 10.9. The van der Waals surface area contributed by atoms with Crippen LogP contribution < -0.4 is 0 Å². The number of rotatable bonds is 6. The first-order valence-electron chi connectivity index (χ1n) is 6.43. The summed E-state index contributed by atoms with van der Waals surface area (Å²) in [6.45, 7) is 5.47. The monoisotopic (exact) mass is 254 g/mol. The van der Waals surface area contributed by atoms with Gasteiger partial charge in [-0.05, 0) is 19.2 Å². The Balaban J connectivity index is 1.67. The number of aliphatic hydroxyl groups is 1. The summed E-state index contributed by atoms with van der Waals surface area (Å²) in [7, 11) is 1.99. The Morgan fingerprint density at radius 1 is 1.44 bits per heavy atom. The molecule has 1 saturated heterocycles. The normalized spacial score (nSPS) is 19.3. The maximum absolute atomic E-state index is 10.0. The smallest absolute Gasteiger partial charge is 0.117 e. The highest BCUT2D eigenvalue weighted by atomic mass is 16.5. The van der Waals surface area contributed by atoms with Crippen LogP contribution in [0.5, 0.6) is 0 Å². The molecule has 0 bridgehead atoms. The second-order valence-corrected chi connectivity index (χ2v) is 4.84. The van der Waals surface area contributed by atoms with Crippen LogP contribution in [-0.4, -0.2) is 67.5 Å². The van der Waals surface area contributed by atoms with Crippen molar-refractivity contribution in [1.82, 2.24) is 9.80 Å². The van der Waals surface area contributed by atoms with E-state index in [0.717, 1.165) is 38.6 Å². The van der Waals surface area contributed by atoms with E-state index in [1.807, 2.05) is 19.2 Å².